The molecule has 7 nitrogen and oxygen atoms in total. The number of carbonyl (C=O) groups is 1. The molecule has 2 aliphatic rings. The topological polar surface area (TPSA) is 95.7 Å². The molecule has 0 saturated carbocycles. The zero-order valence-corrected chi connectivity index (χ0v) is 21.4. The van der Waals surface area contributed by atoms with Crippen LogP contribution < -0.4 is 21.3 Å². The number of amides is 1. The number of halogens is 1. The Hall–Kier alpha value is -2.55. The third-order valence-corrected chi connectivity index (χ3v) is 6.51. The second-order valence-electron chi connectivity index (χ2n) is 9.07. The summed E-state index contributed by atoms with van der Waals surface area (Å²) in [4.78, 5) is 16.2. The fourth-order valence-corrected chi connectivity index (χ4v) is 3.88. The second-order valence-corrected chi connectivity index (χ2v) is 9.48. The molecule has 3 heterocycles. The van der Waals surface area contributed by atoms with E-state index in [-0.39, 0.29) is 12.0 Å². The molecule has 1 atom stereocenters. The van der Waals surface area contributed by atoms with Crippen LogP contribution in [0.4, 0.5) is 5.82 Å². The monoisotopic (exact) mass is 485 g/mol. The van der Waals surface area contributed by atoms with Crippen LogP contribution in [0, 0.1) is 0 Å². The lowest BCUT2D eigenvalue weighted by Crippen LogP contribution is -2.41. The van der Waals surface area contributed by atoms with Gasteiger partial charge in [-0.3, -0.25) is 4.79 Å². The Morgan fingerprint density at radius 2 is 1.88 bits per heavy atom. The van der Waals surface area contributed by atoms with Crippen LogP contribution in [-0.4, -0.2) is 41.9 Å². The molecule has 0 aliphatic carbocycles. The number of carbonyl (C=O) groups excluding carboxylic acids is 1. The second kappa shape index (κ2) is 10.4. The van der Waals surface area contributed by atoms with Crippen LogP contribution >= 0.6 is 11.6 Å². The maximum absolute atomic E-state index is 12.2. The summed E-state index contributed by atoms with van der Waals surface area (Å²) in [6.07, 6.45) is 5.11. The molecule has 34 heavy (non-hydrogen) atoms. The quantitative estimate of drug-likeness (QED) is 0.494. The number of nitrogen functional groups attached to an aromatic ring is 1. The minimum absolute atomic E-state index is 0.223. The minimum Gasteiger partial charge on any atom is -0.486 e. The molecule has 9 heteroatoms. The van der Waals surface area contributed by atoms with Crippen molar-refractivity contribution in [3.8, 4) is 5.75 Å². The highest BCUT2D eigenvalue weighted by Crippen LogP contribution is 2.39. The van der Waals surface area contributed by atoms with Gasteiger partial charge in [-0.1, -0.05) is 31.5 Å². The Morgan fingerprint density at radius 1 is 1.21 bits per heavy atom. The molecule has 2 aliphatic heterocycles. The lowest BCUT2D eigenvalue weighted by atomic mass is 9.75. The molecule has 1 saturated heterocycles. The highest BCUT2D eigenvalue weighted by atomic mass is 35.5. The Bertz CT molecular complexity index is 1040. The number of pyridine rings is 1. The number of fused-ring (bicyclic) bond motifs is 1. The van der Waals surface area contributed by atoms with Gasteiger partial charge < -0.3 is 25.1 Å². The number of aromatic nitrogens is 1. The number of rotatable bonds is 5. The van der Waals surface area contributed by atoms with Gasteiger partial charge >= 0.3 is 7.12 Å². The summed E-state index contributed by atoms with van der Waals surface area (Å²) in [6, 6.07) is 7.20. The number of ether oxygens (including phenoxy) is 1. The first-order valence-corrected chi connectivity index (χ1v) is 11.9. The molecule has 1 unspecified atom stereocenters. The maximum atomic E-state index is 12.2. The Labute approximate surface area is 207 Å². The van der Waals surface area contributed by atoms with Gasteiger partial charge in [0.25, 0.3) is 0 Å². The van der Waals surface area contributed by atoms with Crippen molar-refractivity contribution in [2.75, 3.05) is 12.3 Å². The smallest absolute Gasteiger partial charge is 0.486 e. The summed E-state index contributed by atoms with van der Waals surface area (Å²) in [6.45, 7) is 12.4. The molecule has 0 spiro atoms. The summed E-state index contributed by atoms with van der Waals surface area (Å²) in [7, 11) is -0.501. The maximum Gasteiger partial charge on any atom is 0.495 e. The highest BCUT2D eigenvalue weighted by Gasteiger charge is 2.52. The van der Waals surface area contributed by atoms with Gasteiger partial charge in [-0.15, -0.1) is 0 Å². The largest absolute Gasteiger partial charge is 0.495 e. The zero-order chi connectivity index (χ0) is 25.1. The first-order valence-electron chi connectivity index (χ1n) is 11.6. The van der Waals surface area contributed by atoms with Gasteiger partial charge in [-0.25, -0.2) is 4.98 Å². The lowest BCUT2D eigenvalue weighted by Gasteiger charge is -2.32. The van der Waals surface area contributed by atoms with Crippen molar-refractivity contribution >= 4 is 42.0 Å². The number of nitrogens with one attached hydrogen (secondary N) is 1. The molecular formula is C25H33BClN3O4. The summed E-state index contributed by atoms with van der Waals surface area (Å²) >= 11 is 6.40. The third kappa shape index (κ3) is 5.57. The fourth-order valence-electron chi connectivity index (χ4n) is 3.65. The van der Waals surface area contributed by atoms with E-state index >= 15 is 0 Å². The van der Waals surface area contributed by atoms with Gasteiger partial charge in [0.15, 0.2) is 0 Å². The average molecular weight is 486 g/mol. The van der Waals surface area contributed by atoms with Gasteiger partial charge in [0.05, 0.1) is 22.8 Å². The van der Waals surface area contributed by atoms with Crippen molar-refractivity contribution in [3.05, 3.63) is 52.7 Å². The van der Waals surface area contributed by atoms with E-state index in [1.54, 1.807) is 30.5 Å². The lowest BCUT2D eigenvalue weighted by molar-refractivity contribution is -0.116. The third-order valence-electron chi connectivity index (χ3n) is 6.21. The van der Waals surface area contributed by atoms with E-state index in [2.05, 4.69) is 10.3 Å². The highest BCUT2D eigenvalue weighted by molar-refractivity contribution is 6.63. The predicted octanol–water partition coefficient (Wildman–Crippen LogP) is 3.78. The van der Waals surface area contributed by atoms with E-state index in [0.29, 0.717) is 29.6 Å². The molecule has 4 rings (SSSR count). The van der Waals surface area contributed by atoms with Crippen molar-refractivity contribution in [1.29, 1.82) is 0 Å². The molecule has 0 bridgehead atoms. The summed E-state index contributed by atoms with van der Waals surface area (Å²) < 4.78 is 18.5. The molecular weight excluding hydrogens is 453 g/mol. The van der Waals surface area contributed by atoms with Crippen LogP contribution in [0.25, 0.3) is 6.08 Å². The summed E-state index contributed by atoms with van der Waals surface area (Å²) in [5, 5.41) is 3.41. The van der Waals surface area contributed by atoms with E-state index in [1.165, 1.54) is 6.08 Å². The van der Waals surface area contributed by atoms with Crippen LogP contribution in [-0.2, 0) is 20.5 Å². The molecule has 3 N–H and O–H groups in total. The first kappa shape index (κ1) is 26.1. The van der Waals surface area contributed by atoms with Crippen molar-refractivity contribution in [2.45, 2.75) is 65.3 Å². The minimum atomic E-state index is -0.501. The normalized spacial score (nSPS) is 19.9. The van der Waals surface area contributed by atoms with Gasteiger partial charge in [0.2, 0.25) is 5.91 Å². The van der Waals surface area contributed by atoms with E-state index in [0.717, 1.165) is 16.6 Å². The number of nitrogens with two attached hydrogens (primary N) is 1. The Morgan fingerprint density at radius 3 is 2.50 bits per heavy atom. The van der Waals surface area contributed by atoms with Crippen LogP contribution in [0.3, 0.4) is 0 Å². The molecule has 1 aromatic carbocycles. The first-order chi connectivity index (χ1) is 16.1. The van der Waals surface area contributed by atoms with Crippen LogP contribution in [0.1, 0.15) is 52.7 Å². The van der Waals surface area contributed by atoms with E-state index in [1.807, 2.05) is 47.6 Å². The summed E-state index contributed by atoms with van der Waals surface area (Å²) in [5.74, 6) is 0.836. The molecule has 182 valence electrons. The molecule has 1 aromatic heterocycles. The molecule has 2 aromatic rings. The molecule has 1 fully saturated rings. The number of benzene rings is 1. The Kier molecular flexibility index (Phi) is 7.96. The summed E-state index contributed by atoms with van der Waals surface area (Å²) in [5.41, 5.74) is 7.34. The molecule has 1 amide bonds. The number of nitrogens with zero attached hydrogens (tertiary/aromatic N) is 1. The predicted molar refractivity (Wildman–Crippen MR) is 137 cm³/mol. The van der Waals surface area contributed by atoms with Crippen molar-refractivity contribution in [1.82, 2.24) is 10.3 Å². The number of anilines is 1. The van der Waals surface area contributed by atoms with Gasteiger partial charge in [-0.05, 0) is 68.6 Å². The van der Waals surface area contributed by atoms with Gasteiger partial charge in [-0.2, -0.15) is 0 Å². The van der Waals surface area contributed by atoms with Crippen LogP contribution in [0.2, 0.25) is 5.02 Å². The average Bonchev–Trinajstić information content (AvgIpc) is 3.32. The van der Waals surface area contributed by atoms with Crippen LogP contribution in [0.15, 0.2) is 36.5 Å². The Balaban J connectivity index is 0.00000158. The van der Waals surface area contributed by atoms with Crippen LogP contribution in [0.5, 0.6) is 5.75 Å². The SMILES string of the molecule is CC.CC1(C)OB(c2ccc(Cl)c3c2CC(CNC(=O)/C=C/c2ccc(N)nc2)O3)OC1(C)C. The van der Waals surface area contributed by atoms with E-state index in [4.69, 9.17) is 31.4 Å². The van der Waals surface area contributed by atoms with E-state index < -0.39 is 18.3 Å². The zero-order valence-electron chi connectivity index (χ0n) is 20.6. The van der Waals surface area contributed by atoms with Crippen molar-refractivity contribution in [2.24, 2.45) is 0 Å². The number of hydrogen-bond acceptors (Lipinski definition) is 6. The fraction of sp³-hybridized carbons (Fsp3) is 0.440. The number of hydrogen-bond donors (Lipinski definition) is 2. The van der Waals surface area contributed by atoms with E-state index in [9.17, 15) is 4.79 Å². The van der Waals surface area contributed by atoms with Gasteiger partial charge in [0.1, 0.15) is 17.7 Å². The van der Waals surface area contributed by atoms with Gasteiger partial charge in [0, 0.05) is 18.7 Å². The standard InChI is InChI=1S/C23H27BClN3O4.C2H6/c1-22(2)23(3,4)32-24(31-22)17-7-8-18(25)21-16(17)11-15(30-21)13-28-20(29)10-6-14-5-9-19(26)27-12-14;1-2/h5-10,12,15H,11,13H2,1-4H3,(H2,26,27)(H,28,29);1-2H3/b10-6+;. The van der Waals surface area contributed by atoms with Crippen molar-refractivity contribution < 1.29 is 18.8 Å². The van der Waals surface area contributed by atoms with Crippen molar-refractivity contribution in [3.63, 3.8) is 0 Å². The molecule has 0 radical (unpaired) electrons.